The number of nitrogens with zero attached hydrogens (tertiary/aromatic N) is 2. The summed E-state index contributed by atoms with van der Waals surface area (Å²) in [5.74, 6) is -0.131. The fourth-order valence-corrected chi connectivity index (χ4v) is 1.96. The highest BCUT2D eigenvalue weighted by Gasteiger charge is 2.10. The van der Waals surface area contributed by atoms with Crippen molar-refractivity contribution in [2.45, 2.75) is 6.42 Å². The highest BCUT2D eigenvalue weighted by Crippen LogP contribution is 2.16. The molecule has 0 bridgehead atoms. The second-order valence-corrected chi connectivity index (χ2v) is 4.15. The van der Waals surface area contributed by atoms with Crippen molar-refractivity contribution >= 4 is 0 Å². The fourth-order valence-electron chi connectivity index (χ4n) is 1.96. The standard InChI is InChI=1S/C12H18FN3O/c1-17-12-8-10(15-9-11(12)13)2-5-16-6-3-14-4-7-16/h8-9,14H,2-7H2,1H3. The van der Waals surface area contributed by atoms with Crippen LogP contribution in [0.5, 0.6) is 5.75 Å². The zero-order valence-electron chi connectivity index (χ0n) is 10.1. The van der Waals surface area contributed by atoms with Gasteiger partial charge < -0.3 is 15.0 Å². The van der Waals surface area contributed by atoms with Crippen LogP contribution >= 0.6 is 0 Å². The number of halogens is 1. The number of nitrogens with one attached hydrogen (secondary N) is 1. The van der Waals surface area contributed by atoms with E-state index in [4.69, 9.17) is 4.74 Å². The van der Waals surface area contributed by atoms with Crippen molar-refractivity contribution in [2.75, 3.05) is 39.8 Å². The number of ether oxygens (including phenoxy) is 1. The van der Waals surface area contributed by atoms with Gasteiger partial charge in [-0.1, -0.05) is 0 Å². The zero-order chi connectivity index (χ0) is 12.1. The SMILES string of the molecule is COc1cc(CCN2CCNCC2)ncc1F. The first-order chi connectivity index (χ1) is 8.29. The molecule has 2 rings (SSSR count). The van der Waals surface area contributed by atoms with Crippen molar-refractivity contribution in [3.8, 4) is 5.75 Å². The molecule has 0 radical (unpaired) electrons. The molecule has 94 valence electrons. The summed E-state index contributed by atoms with van der Waals surface area (Å²) < 4.78 is 18.1. The van der Waals surface area contributed by atoms with Crippen LogP contribution in [-0.2, 0) is 6.42 Å². The Morgan fingerprint density at radius 3 is 2.94 bits per heavy atom. The lowest BCUT2D eigenvalue weighted by Gasteiger charge is -2.26. The van der Waals surface area contributed by atoms with Crippen molar-refractivity contribution in [3.63, 3.8) is 0 Å². The first-order valence-electron chi connectivity index (χ1n) is 5.91. The van der Waals surface area contributed by atoms with Crippen LogP contribution in [0.1, 0.15) is 5.69 Å². The maximum Gasteiger partial charge on any atom is 0.183 e. The number of hydrogen-bond donors (Lipinski definition) is 1. The number of rotatable bonds is 4. The molecule has 0 aliphatic carbocycles. The van der Waals surface area contributed by atoms with E-state index in [1.165, 1.54) is 13.3 Å². The van der Waals surface area contributed by atoms with Gasteiger partial charge in [0.2, 0.25) is 0 Å². The van der Waals surface area contributed by atoms with Crippen molar-refractivity contribution in [3.05, 3.63) is 23.8 Å². The summed E-state index contributed by atoms with van der Waals surface area (Å²) in [4.78, 5) is 6.46. The highest BCUT2D eigenvalue weighted by atomic mass is 19.1. The van der Waals surface area contributed by atoms with Crippen molar-refractivity contribution in [2.24, 2.45) is 0 Å². The van der Waals surface area contributed by atoms with Crippen molar-refractivity contribution < 1.29 is 9.13 Å². The van der Waals surface area contributed by atoms with Crippen LogP contribution in [0.15, 0.2) is 12.3 Å². The van der Waals surface area contributed by atoms with Gasteiger partial charge in [0.05, 0.1) is 13.3 Å². The third-order valence-corrected chi connectivity index (χ3v) is 2.99. The molecule has 17 heavy (non-hydrogen) atoms. The first kappa shape index (κ1) is 12.3. The van der Waals surface area contributed by atoms with Crippen LogP contribution in [0.25, 0.3) is 0 Å². The molecule has 1 fully saturated rings. The Labute approximate surface area is 101 Å². The van der Waals surface area contributed by atoms with E-state index in [1.54, 1.807) is 6.07 Å². The number of methoxy groups -OCH3 is 1. The Morgan fingerprint density at radius 2 is 2.24 bits per heavy atom. The minimum atomic E-state index is -0.404. The molecule has 1 aliphatic rings. The van der Waals surface area contributed by atoms with Crippen LogP contribution in [0, 0.1) is 5.82 Å². The molecule has 0 unspecified atom stereocenters. The van der Waals surface area contributed by atoms with Gasteiger partial charge in [-0.3, -0.25) is 4.98 Å². The minimum Gasteiger partial charge on any atom is -0.494 e. The van der Waals surface area contributed by atoms with Gasteiger partial charge in [-0.25, -0.2) is 4.39 Å². The van der Waals surface area contributed by atoms with Gasteiger partial charge in [0.1, 0.15) is 0 Å². The van der Waals surface area contributed by atoms with E-state index in [9.17, 15) is 4.39 Å². The predicted molar refractivity (Wildman–Crippen MR) is 63.8 cm³/mol. The lowest BCUT2D eigenvalue weighted by molar-refractivity contribution is 0.243. The molecule has 1 aromatic rings. The van der Waals surface area contributed by atoms with Gasteiger partial charge in [0.15, 0.2) is 11.6 Å². The highest BCUT2D eigenvalue weighted by molar-refractivity contribution is 5.24. The van der Waals surface area contributed by atoms with Gasteiger partial charge in [-0.2, -0.15) is 0 Å². The summed E-state index contributed by atoms with van der Waals surface area (Å²) in [7, 11) is 1.47. The van der Waals surface area contributed by atoms with Crippen LogP contribution < -0.4 is 10.1 Å². The Hall–Kier alpha value is -1.20. The summed E-state index contributed by atoms with van der Waals surface area (Å²) in [5, 5.41) is 3.31. The summed E-state index contributed by atoms with van der Waals surface area (Å²) in [6.07, 6.45) is 2.06. The average Bonchev–Trinajstić information content (AvgIpc) is 2.39. The van der Waals surface area contributed by atoms with E-state index in [0.717, 1.165) is 44.8 Å². The monoisotopic (exact) mass is 239 g/mol. The van der Waals surface area contributed by atoms with Crippen LogP contribution in [0.3, 0.4) is 0 Å². The topological polar surface area (TPSA) is 37.4 Å². The van der Waals surface area contributed by atoms with Gasteiger partial charge >= 0.3 is 0 Å². The maximum atomic E-state index is 13.2. The van der Waals surface area contributed by atoms with Gasteiger partial charge in [0.25, 0.3) is 0 Å². The van der Waals surface area contributed by atoms with E-state index in [-0.39, 0.29) is 5.75 Å². The molecular weight excluding hydrogens is 221 g/mol. The molecule has 1 saturated heterocycles. The third kappa shape index (κ3) is 3.38. The fraction of sp³-hybridized carbons (Fsp3) is 0.583. The van der Waals surface area contributed by atoms with Crippen molar-refractivity contribution in [1.82, 2.24) is 15.2 Å². The molecule has 0 amide bonds. The smallest absolute Gasteiger partial charge is 0.183 e. The third-order valence-electron chi connectivity index (χ3n) is 2.99. The average molecular weight is 239 g/mol. The van der Waals surface area contributed by atoms with Crippen molar-refractivity contribution in [1.29, 1.82) is 0 Å². The van der Waals surface area contributed by atoms with E-state index in [1.807, 2.05) is 0 Å². The number of pyridine rings is 1. The Bertz CT molecular complexity index is 367. The molecule has 1 N–H and O–H groups in total. The van der Waals surface area contributed by atoms with Gasteiger partial charge in [-0.05, 0) is 0 Å². The zero-order valence-corrected chi connectivity index (χ0v) is 10.1. The lowest BCUT2D eigenvalue weighted by atomic mass is 10.2. The molecule has 0 saturated carbocycles. The minimum absolute atomic E-state index is 0.273. The molecule has 1 aliphatic heterocycles. The molecule has 0 spiro atoms. The Morgan fingerprint density at radius 1 is 1.47 bits per heavy atom. The molecular formula is C12H18FN3O. The molecule has 1 aromatic heterocycles. The molecule has 2 heterocycles. The first-order valence-corrected chi connectivity index (χ1v) is 5.91. The van der Waals surface area contributed by atoms with E-state index in [2.05, 4.69) is 15.2 Å². The Balaban J connectivity index is 1.89. The molecule has 4 nitrogen and oxygen atoms in total. The second-order valence-electron chi connectivity index (χ2n) is 4.15. The summed E-state index contributed by atoms with van der Waals surface area (Å²) in [6, 6.07) is 1.68. The summed E-state index contributed by atoms with van der Waals surface area (Å²) in [6.45, 7) is 5.18. The lowest BCUT2D eigenvalue weighted by Crippen LogP contribution is -2.44. The Kier molecular flexibility index (Phi) is 4.28. The molecule has 0 atom stereocenters. The number of hydrogen-bond acceptors (Lipinski definition) is 4. The van der Waals surface area contributed by atoms with Crippen LogP contribution in [0.2, 0.25) is 0 Å². The van der Waals surface area contributed by atoms with Gasteiger partial charge in [-0.15, -0.1) is 0 Å². The summed E-state index contributed by atoms with van der Waals surface area (Å²) in [5.41, 5.74) is 0.877. The number of piperazine rings is 1. The van der Waals surface area contributed by atoms with Crippen LogP contribution in [0.4, 0.5) is 4.39 Å². The maximum absolute atomic E-state index is 13.2. The summed E-state index contributed by atoms with van der Waals surface area (Å²) >= 11 is 0. The molecule has 0 aromatic carbocycles. The van der Waals surface area contributed by atoms with E-state index >= 15 is 0 Å². The normalized spacial score (nSPS) is 17.1. The van der Waals surface area contributed by atoms with Crippen LogP contribution in [-0.4, -0.2) is 49.7 Å². The number of aromatic nitrogens is 1. The largest absolute Gasteiger partial charge is 0.494 e. The van der Waals surface area contributed by atoms with E-state index in [0.29, 0.717) is 0 Å². The molecule has 5 heteroatoms. The quantitative estimate of drug-likeness (QED) is 0.838. The van der Waals surface area contributed by atoms with Gasteiger partial charge in [0, 0.05) is 50.9 Å². The second kappa shape index (κ2) is 5.93. The predicted octanol–water partition coefficient (Wildman–Crippen LogP) is 0.677. The van der Waals surface area contributed by atoms with E-state index < -0.39 is 5.82 Å².